The van der Waals surface area contributed by atoms with Crippen molar-refractivity contribution in [1.82, 2.24) is 14.9 Å². The molecule has 0 aliphatic carbocycles. The van der Waals surface area contributed by atoms with Crippen molar-refractivity contribution >= 4 is 12.2 Å². The van der Waals surface area contributed by atoms with Crippen molar-refractivity contribution in [3.05, 3.63) is 86.5 Å². The van der Waals surface area contributed by atoms with Gasteiger partial charge in [0.2, 0.25) is 0 Å². The van der Waals surface area contributed by atoms with Crippen LogP contribution in [0.2, 0.25) is 0 Å². The van der Waals surface area contributed by atoms with Gasteiger partial charge in [-0.15, -0.1) is 0 Å². The van der Waals surface area contributed by atoms with E-state index in [1.54, 1.807) is 0 Å². The van der Waals surface area contributed by atoms with E-state index in [1.165, 1.54) is 5.56 Å². The molecule has 0 atom stereocenters. The number of fused-ring (bicyclic) bond motifs is 1. The molecular formula is C20H19N3O2S. The Labute approximate surface area is 156 Å². The second-order valence-electron chi connectivity index (χ2n) is 6.39. The van der Waals surface area contributed by atoms with E-state index in [4.69, 9.17) is 17.0 Å². The summed E-state index contributed by atoms with van der Waals surface area (Å²) in [5.41, 5.74) is 2.85. The Bertz CT molecular complexity index is 1010. The highest BCUT2D eigenvalue weighted by Crippen LogP contribution is 2.22. The number of ether oxygens (including phenoxy) is 1. The number of hydrogen-bond acceptors (Lipinski definition) is 4. The number of aromatic nitrogens is 2. The maximum absolute atomic E-state index is 12.1. The Hall–Kier alpha value is -2.70. The van der Waals surface area contributed by atoms with E-state index >= 15 is 0 Å². The lowest BCUT2D eigenvalue weighted by Crippen LogP contribution is -2.35. The predicted octanol–water partition coefficient (Wildman–Crippen LogP) is 3.78. The maximum atomic E-state index is 12.1. The molecule has 2 heterocycles. The predicted molar refractivity (Wildman–Crippen MR) is 103 cm³/mol. The molecule has 0 radical (unpaired) electrons. The second-order valence-corrected chi connectivity index (χ2v) is 6.79. The fourth-order valence-electron chi connectivity index (χ4n) is 3.19. The van der Waals surface area contributed by atoms with Crippen LogP contribution >= 0.6 is 12.2 Å². The zero-order valence-corrected chi connectivity index (χ0v) is 15.0. The van der Waals surface area contributed by atoms with Gasteiger partial charge in [-0.25, -0.2) is 0 Å². The van der Waals surface area contributed by atoms with Gasteiger partial charge in [0.25, 0.3) is 5.56 Å². The van der Waals surface area contributed by atoms with Crippen molar-refractivity contribution in [2.24, 2.45) is 0 Å². The van der Waals surface area contributed by atoms with Crippen molar-refractivity contribution in [3.8, 4) is 11.5 Å². The van der Waals surface area contributed by atoms with Gasteiger partial charge in [-0.1, -0.05) is 30.3 Å². The zero-order chi connectivity index (χ0) is 17.9. The summed E-state index contributed by atoms with van der Waals surface area (Å²) in [5, 5.41) is 0. The molecule has 0 unspecified atom stereocenters. The first kappa shape index (κ1) is 16.8. The van der Waals surface area contributed by atoms with Gasteiger partial charge < -0.3 is 9.72 Å². The maximum Gasteiger partial charge on any atom is 0.256 e. The van der Waals surface area contributed by atoms with Crippen LogP contribution in [0.5, 0.6) is 11.5 Å². The smallest absolute Gasteiger partial charge is 0.256 e. The molecular weight excluding hydrogens is 346 g/mol. The Morgan fingerprint density at radius 3 is 2.50 bits per heavy atom. The summed E-state index contributed by atoms with van der Waals surface area (Å²) in [6, 6.07) is 17.8. The fourth-order valence-corrected chi connectivity index (χ4v) is 3.41. The molecule has 3 aromatic rings. The number of benzene rings is 2. The normalized spacial score (nSPS) is 14.0. The average molecular weight is 365 g/mol. The minimum Gasteiger partial charge on any atom is -0.457 e. The Balaban J connectivity index is 1.43. The van der Waals surface area contributed by atoms with Crippen LogP contribution in [-0.4, -0.2) is 21.4 Å². The van der Waals surface area contributed by atoms with Gasteiger partial charge in [-0.3, -0.25) is 14.7 Å². The Kier molecular flexibility index (Phi) is 4.69. The number of rotatable bonds is 4. The highest BCUT2D eigenvalue weighted by molar-refractivity contribution is 7.71. The molecule has 0 fully saturated rings. The van der Waals surface area contributed by atoms with Gasteiger partial charge in [0.15, 0.2) is 4.77 Å². The zero-order valence-electron chi connectivity index (χ0n) is 14.2. The quantitative estimate of drug-likeness (QED) is 0.691. The summed E-state index contributed by atoms with van der Waals surface area (Å²) < 4.78 is 6.22. The lowest BCUT2D eigenvalue weighted by molar-refractivity contribution is 0.241. The standard InChI is InChI=1S/C20H19N3O2S/c24-19-17-13-23(11-10-18(17)21-20(26)22-19)12-14-6-8-16(9-7-14)25-15-4-2-1-3-5-15/h1-9H,10-13H2,(H2,21,22,24,26). The molecule has 132 valence electrons. The number of H-pyrrole nitrogens is 2. The first-order chi connectivity index (χ1) is 12.7. The first-order valence-electron chi connectivity index (χ1n) is 8.56. The summed E-state index contributed by atoms with van der Waals surface area (Å²) in [4.78, 5) is 20.2. The molecule has 6 heteroatoms. The highest BCUT2D eigenvalue weighted by Gasteiger charge is 2.19. The third-order valence-corrected chi connectivity index (χ3v) is 4.70. The average Bonchev–Trinajstić information content (AvgIpc) is 2.65. The van der Waals surface area contributed by atoms with E-state index in [0.717, 1.165) is 42.3 Å². The van der Waals surface area contributed by atoms with E-state index < -0.39 is 0 Å². The van der Waals surface area contributed by atoms with Crippen LogP contribution in [0, 0.1) is 4.77 Å². The van der Waals surface area contributed by atoms with Crippen LogP contribution < -0.4 is 10.3 Å². The van der Waals surface area contributed by atoms with Crippen molar-refractivity contribution in [2.75, 3.05) is 6.54 Å². The number of hydrogen-bond donors (Lipinski definition) is 2. The molecule has 0 saturated heterocycles. The van der Waals surface area contributed by atoms with Crippen LogP contribution in [0.25, 0.3) is 0 Å². The molecule has 5 nitrogen and oxygen atoms in total. The number of para-hydroxylation sites is 1. The van der Waals surface area contributed by atoms with Crippen LogP contribution in [0.3, 0.4) is 0 Å². The number of nitrogens with zero attached hydrogens (tertiary/aromatic N) is 1. The van der Waals surface area contributed by atoms with Gasteiger partial charge in [-0.2, -0.15) is 0 Å². The monoisotopic (exact) mass is 365 g/mol. The molecule has 0 bridgehead atoms. The summed E-state index contributed by atoms with van der Waals surface area (Å²) in [5.74, 6) is 1.64. The third kappa shape index (κ3) is 3.76. The van der Waals surface area contributed by atoms with Crippen molar-refractivity contribution in [1.29, 1.82) is 0 Å². The van der Waals surface area contributed by atoms with E-state index in [0.29, 0.717) is 11.3 Å². The molecule has 26 heavy (non-hydrogen) atoms. The fraction of sp³-hybridized carbons (Fsp3) is 0.200. The lowest BCUT2D eigenvalue weighted by atomic mass is 10.1. The van der Waals surface area contributed by atoms with Crippen molar-refractivity contribution < 1.29 is 4.74 Å². The molecule has 1 aliphatic heterocycles. The molecule has 2 aromatic carbocycles. The Morgan fingerprint density at radius 1 is 1.00 bits per heavy atom. The topological polar surface area (TPSA) is 61.1 Å². The highest BCUT2D eigenvalue weighted by atomic mass is 32.1. The van der Waals surface area contributed by atoms with Crippen LogP contribution in [0.4, 0.5) is 0 Å². The summed E-state index contributed by atoms with van der Waals surface area (Å²) in [6.07, 6.45) is 0.804. The molecule has 0 amide bonds. The van der Waals surface area contributed by atoms with Gasteiger partial charge in [0, 0.05) is 31.7 Å². The minimum absolute atomic E-state index is 0.0833. The third-order valence-electron chi connectivity index (χ3n) is 4.50. The summed E-state index contributed by atoms with van der Waals surface area (Å²) in [6.45, 7) is 2.31. The molecule has 0 saturated carbocycles. The largest absolute Gasteiger partial charge is 0.457 e. The van der Waals surface area contributed by atoms with Gasteiger partial charge in [-0.05, 0) is 42.0 Å². The SMILES string of the molecule is O=c1[nH]c(=S)[nH]c2c1CN(Cc1ccc(Oc3ccccc3)cc1)CC2. The number of nitrogens with one attached hydrogen (secondary N) is 2. The van der Waals surface area contributed by atoms with E-state index in [2.05, 4.69) is 27.0 Å². The van der Waals surface area contributed by atoms with Gasteiger partial charge >= 0.3 is 0 Å². The molecule has 1 aliphatic rings. The molecule has 1 aromatic heterocycles. The molecule has 4 rings (SSSR count). The van der Waals surface area contributed by atoms with E-state index in [1.807, 2.05) is 42.5 Å². The van der Waals surface area contributed by atoms with E-state index in [9.17, 15) is 4.79 Å². The minimum atomic E-state index is -0.0833. The van der Waals surface area contributed by atoms with Crippen LogP contribution in [-0.2, 0) is 19.5 Å². The van der Waals surface area contributed by atoms with Gasteiger partial charge in [0.05, 0.1) is 5.56 Å². The summed E-state index contributed by atoms with van der Waals surface area (Å²) >= 11 is 5.04. The lowest BCUT2D eigenvalue weighted by Gasteiger charge is -2.27. The summed E-state index contributed by atoms with van der Waals surface area (Å²) in [7, 11) is 0. The van der Waals surface area contributed by atoms with Crippen LogP contribution in [0.15, 0.2) is 59.4 Å². The van der Waals surface area contributed by atoms with Gasteiger partial charge in [0.1, 0.15) is 11.5 Å². The van der Waals surface area contributed by atoms with E-state index in [-0.39, 0.29) is 5.56 Å². The van der Waals surface area contributed by atoms with Crippen LogP contribution in [0.1, 0.15) is 16.8 Å². The molecule has 0 spiro atoms. The molecule has 2 N–H and O–H groups in total. The second kappa shape index (κ2) is 7.27. The Morgan fingerprint density at radius 2 is 1.73 bits per heavy atom. The van der Waals surface area contributed by atoms with Crippen molar-refractivity contribution in [3.63, 3.8) is 0 Å². The van der Waals surface area contributed by atoms with Crippen molar-refractivity contribution in [2.45, 2.75) is 19.5 Å². The number of aromatic amines is 2. The first-order valence-corrected chi connectivity index (χ1v) is 8.97.